The minimum absolute atomic E-state index is 0.515. The molecule has 1 aromatic carbocycles. The fourth-order valence-corrected chi connectivity index (χ4v) is 8.67. The Morgan fingerprint density at radius 3 is 1.06 bits per heavy atom. The highest BCUT2D eigenvalue weighted by atomic mass is 16.5. The molecule has 0 spiro atoms. The number of ether oxygens (including phenoxy) is 2. The summed E-state index contributed by atoms with van der Waals surface area (Å²) in [5.41, 5.74) is 1.39. The maximum absolute atomic E-state index is 6.45. The summed E-state index contributed by atoms with van der Waals surface area (Å²) in [7, 11) is 2.26. The van der Waals surface area contributed by atoms with Crippen LogP contribution in [0.25, 0.3) is 0 Å². The molecule has 0 bridgehead atoms. The molecule has 1 unspecified atom stereocenters. The first-order valence-electron chi connectivity index (χ1n) is 24.9. The Morgan fingerprint density at radius 2 is 0.741 bits per heavy atom. The Kier molecular flexibility index (Phi) is 33.9. The monoisotopic (exact) mass is 754 g/mol. The largest absolute Gasteiger partial charge is 0.490 e. The molecule has 3 nitrogen and oxygen atoms in total. The van der Waals surface area contributed by atoms with Crippen LogP contribution in [-0.2, 0) is 0 Å². The lowest BCUT2D eigenvalue weighted by Gasteiger charge is -2.21. The Bertz CT molecular complexity index is 917. The van der Waals surface area contributed by atoms with Gasteiger partial charge in [0.25, 0.3) is 0 Å². The first kappa shape index (κ1) is 48.9. The highest BCUT2D eigenvalue weighted by Crippen LogP contribution is 2.36. The molecular weight excluding hydrogens is 659 g/mol. The number of nitrogens with zero attached hydrogens (tertiary/aromatic N) is 1. The Morgan fingerprint density at radius 1 is 0.426 bits per heavy atom. The maximum atomic E-state index is 6.45. The number of hydrogen-bond donors (Lipinski definition) is 0. The molecule has 1 fully saturated rings. The van der Waals surface area contributed by atoms with Crippen LogP contribution < -0.4 is 9.47 Å². The van der Waals surface area contributed by atoms with E-state index in [0.29, 0.717) is 6.04 Å². The summed E-state index contributed by atoms with van der Waals surface area (Å²) in [4.78, 5) is 2.49. The summed E-state index contributed by atoms with van der Waals surface area (Å²) in [6.07, 6.45) is 53.2. The van der Waals surface area contributed by atoms with Crippen molar-refractivity contribution in [2.75, 3.05) is 26.8 Å². The predicted molar refractivity (Wildman–Crippen MR) is 240 cm³/mol. The van der Waals surface area contributed by atoms with E-state index >= 15 is 0 Å². The van der Waals surface area contributed by atoms with Crippen LogP contribution in [0.3, 0.4) is 0 Å². The van der Waals surface area contributed by atoms with Gasteiger partial charge in [-0.1, -0.05) is 238 Å². The van der Waals surface area contributed by atoms with Crippen LogP contribution in [0, 0.1) is 0 Å². The number of rotatable bonds is 41. The quantitative estimate of drug-likeness (QED) is 0.0622. The molecular formula is C51H95NO2. The van der Waals surface area contributed by atoms with Gasteiger partial charge in [-0.05, 0) is 57.0 Å². The summed E-state index contributed by atoms with van der Waals surface area (Å²) in [5, 5.41) is 0. The second kappa shape index (κ2) is 37.4. The van der Waals surface area contributed by atoms with Gasteiger partial charge < -0.3 is 9.47 Å². The van der Waals surface area contributed by atoms with Gasteiger partial charge >= 0.3 is 0 Å². The highest BCUT2D eigenvalue weighted by Gasteiger charge is 2.23. The SMILES string of the molecule is CCCCCCCCCCCCCCCCCCCCOc1ccc(C2CCCN2C)cc1OCCCCCCCCCCCCCCCCCCCC. The van der Waals surface area contributed by atoms with Gasteiger partial charge in [-0.25, -0.2) is 0 Å². The summed E-state index contributed by atoms with van der Waals surface area (Å²) >= 11 is 0. The first-order valence-corrected chi connectivity index (χ1v) is 24.9. The van der Waals surface area contributed by atoms with Gasteiger partial charge in [-0.3, -0.25) is 4.90 Å². The average molecular weight is 754 g/mol. The smallest absolute Gasteiger partial charge is 0.161 e. The average Bonchev–Trinajstić information content (AvgIpc) is 3.62. The van der Waals surface area contributed by atoms with E-state index in [1.54, 1.807) is 0 Å². The highest BCUT2D eigenvalue weighted by molar-refractivity contribution is 5.44. The van der Waals surface area contributed by atoms with Crippen molar-refractivity contribution >= 4 is 0 Å². The number of benzene rings is 1. The molecule has 1 aliphatic heterocycles. The van der Waals surface area contributed by atoms with E-state index in [0.717, 1.165) is 37.6 Å². The van der Waals surface area contributed by atoms with E-state index in [-0.39, 0.29) is 0 Å². The van der Waals surface area contributed by atoms with Crippen LogP contribution in [-0.4, -0.2) is 31.7 Å². The van der Waals surface area contributed by atoms with E-state index < -0.39 is 0 Å². The zero-order chi connectivity index (χ0) is 38.4. The third-order valence-electron chi connectivity index (χ3n) is 12.4. The van der Waals surface area contributed by atoms with Crippen LogP contribution in [0.4, 0.5) is 0 Å². The predicted octanol–water partition coefficient (Wildman–Crippen LogP) is 17.3. The molecule has 54 heavy (non-hydrogen) atoms. The van der Waals surface area contributed by atoms with Crippen molar-refractivity contribution in [1.29, 1.82) is 0 Å². The number of likely N-dealkylation sites (tertiary alicyclic amines) is 1. The van der Waals surface area contributed by atoms with Crippen molar-refractivity contribution in [3.63, 3.8) is 0 Å². The van der Waals surface area contributed by atoms with E-state index in [1.165, 1.54) is 243 Å². The minimum atomic E-state index is 0.515. The lowest BCUT2D eigenvalue weighted by molar-refractivity contribution is 0.256. The molecule has 0 radical (unpaired) electrons. The van der Waals surface area contributed by atoms with Crippen LogP contribution in [0.2, 0.25) is 0 Å². The van der Waals surface area contributed by atoms with E-state index in [9.17, 15) is 0 Å². The minimum Gasteiger partial charge on any atom is -0.490 e. The molecule has 0 N–H and O–H groups in total. The molecule has 3 heteroatoms. The molecule has 316 valence electrons. The number of hydrogen-bond acceptors (Lipinski definition) is 3. The van der Waals surface area contributed by atoms with Gasteiger partial charge in [-0.2, -0.15) is 0 Å². The zero-order valence-corrected chi connectivity index (χ0v) is 37.1. The molecule has 1 atom stereocenters. The van der Waals surface area contributed by atoms with Crippen LogP contribution >= 0.6 is 0 Å². The van der Waals surface area contributed by atoms with Gasteiger partial charge in [0, 0.05) is 6.04 Å². The molecule has 0 aliphatic carbocycles. The van der Waals surface area contributed by atoms with Crippen molar-refractivity contribution in [2.45, 2.75) is 264 Å². The van der Waals surface area contributed by atoms with Gasteiger partial charge in [0.1, 0.15) is 0 Å². The summed E-state index contributed by atoms with van der Waals surface area (Å²) < 4.78 is 12.8. The fourth-order valence-electron chi connectivity index (χ4n) is 8.67. The third-order valence-corrected chi connectivity index (χ3v) is 12.4. The van der Waals surface area contributed by atoms with Gasteiger partial charge in [0.05, 0.1) is 13.2 Å². The molecule has 0 aromatic heterocycles. The van der Waals surface area contributed by atoms with Crippen molar-refractivity contribution in [1.82, 2.24) is 4.90 Å². The van der Waals surface area contributed by atoms with Crippen molar-refractivity contribution in [3.05, 3.63) is 23.8 Å². The van der Waals surface area contributed by atoms with Crippen molar-refractivity contribution in [2.24, 2.45) is 0 Å². The maximum Gasteiger partial charge on any atom is 0.161 e. The Labute approximate surface area is 339 Å². The first-order chi connectivity index (χ1) is 26.8. The van der Waals surface area contributed by atoms with E-state index in [2.05, 4.69) is 44.0 Å². The van der Waals surface area contributed by atoms with Gasteiger partial charge in [-0.15, -0.1) is 0 Å². The second-order valence-electron chi connectivity index (χ2n) is 17.6. The molecule has 1 heterocycles. The third kappa shape index (κ3) is 27.4. The Hall–Kier alpha value is -1.22. The molecule has 2 rings (SSSR count). The second-order valence-corrected chi connectivity index (χ2v) is 17.6. The molecule has 1 saturated heterocycles. The molecule has 0 saturated carbocycles. The lowest BCUT2D eigenvalue weighted by atomic mass is 10.0. The Balaban J connectivity index is 1.48. The lowest BCUT2D eigenvalue weighted by Crippen LogP contribution is -2.17. The molecule has 0 amide bonds. The summed E-state index contributed by atoms with van der Waals surface area (Å²) in [6.45, 7) is 7.41. The normalized spacial score (nSPS) is 14.7. The van der Waals surface area contributed by atoms with Gasteiger partial charge in [0.15, 0.2) is 11.5 Å². The molecule has 1 aromatic rings. The fraction of sp³-hybridized carbons (Fsp3) is 0.882. The van der Waals surface area contributed by atoms with E-state index in [1.807, 2.05) is 0 Å². The zero-order valence-electron chi connectivity index (χ0n) is 37.1. The van der Waals surface area contributed by atoms with Crippen molar-refractivity contribution in [3.8, 4) is 11.5 Å². The standard InChI is InChI=1S/C51H95NO2/c1-4-6-8-10-12-14-16-18-20-22-24-26-28-30-32-34-36-38-45-53-50-43-42-48(49-41-40-44-52(49)3)47-51(50)54-46-39-37-35-33-31-29-27-25-23-21-19-17-15-13-11-9-7-5-2/h42-43,47,49H,4-41,44-46H2,1-3H3. The number of unbranched alkanes of at least 4 members (excludes halogenated alkanes) is 34. The van der Waals surface area contributed by atoms with Crippen LogP contribution in [0.5, 0.6) is 11.5 Å². The van der Waals surface area contributed by atoms with Gasteiger partial charge in [0.2, 0.25) is 0 Å². The van der Waals surface area contributed by atoms with E-state index in [4.69, 9.17) is 9.47 Å². The van der Waals surface area contributed by atoms with Crippen molar-refractivity contribution < 1.29 is 9.47 Å². The summed E-state index contributed by atoms with van der Waals surface area (Å²) in [6, 6.07) is 7.30. The molecule has 1 aliphatic rings. The topological polar surface area (TPSA) is 21.7 Å². The van der Waals surface area contributed by atoms with Crippen LogP contribution in [0.1, 0.15) is 269 Å². The van der Waals surface area contributed by atoms with Crippen LogP contribution in [0.15, 0.2) is 18.2 Å². The summed E-state index contributed by atoms with van der Waals surface area (Å²) in [5.74, 6) is 1.93.